The van der Waals surface area contributed by atoms with Crippen LogP contribution in [0.15, 0.2) is 53.0 Å². The van der Waals surface area contributed by atoms with Gasteiger partial charge < -0.3 is 0 Å². The molecule has 22 heavy (non-hydrogen) atoms. The van der Waals surface area contributed by atoms with E-state index in [4.69, 9.17) is 0 Å². The van der Waals surface area contributed by atoms with Gasteiger partial charge >= 0.3 is 0 Å². The summed E-state index contributed by atoms with van der Waals surface area (Å²) in [5.41, 5.74) is 2.93. The van der Waals surface area contributed by atoms with Crippen LogP contribution in [0.5, 0.6) is 0 Å². The zero-order valence-electron chi connectivity index (χ0n) is 12.7. The van der Waals surface area contributed by atoms with Crippen molar-refractivity contribution in [3.05, 3.63) is 69.7 Å². The van der Waals surface area contributed by atoms with Crippen molar-refractivity contribution in [1.82, 2.24) is 4.72 Å². The highest BCUT2D eigenvalue weighted by Gasteiger charge is 2.18. The van der Waals surface area contributed by atoms with Crippen LogP contribution in [-0.2, 0) is 15.8 Å². The van der Waals surface area contributed by atoms with Gasteiger partial charge in [0.25, 0.3) is 0 Å². The molecule has 2 rings (SSSR count). The van der Waals surface area contributed by atoms with Gasteiger partial charge in [-0.1, -0.05) is 64.8 Å². The molecule has 0 aliphatic carbocycles. The van der Waals surface area contributed by atoms with Crippen molar-refractivity contribution in [1.29, 1.82) is 0 Å². The molecule has 0 saturated heterocycles. The Hall–Kier alpha value is -1.17. The maximum atomic E-state index is 12.4. The van der Waals surface area contributed by atoms with E-state index in [-0.39, 0.29) is 11.8 Å². The number of rotatable bonds is 6. The number of sulfonamides is 1. The van der Waals surface area contributed by atoms with Gasteiger partial charge in [-0.2, -0.15) is 0 Å². The fourth-order valence-electron chi connectivity index (χ4n) is 2.24. The predicted molar refractivity (Wildman–Crippen MR) is 94.1 cm³/mol. The van der Waals surface area contributed by atoms with E-state index >= 15 is 0 Å². The van der Waals surface area contributed by atoms with Crippen LogP contribution in [0.3, 0.4) is 0 Å². The Morgan fingerprint density at radius 2 is 1.64 bits per heavy atom. The normalized spacial score (nSPS) is 13.0. The van der Waals surface area contributed by atoms with Crippen molar-refractivity contribution >= 4 is 26.0 Å². The third-order valence-corrected chi connectivity index (χ3v) is 5.37. The zero-order valence-corrected chi connectivity index (χ0v) is 15.1. The van der Waals surface area contributed by atoms with E-state index < -0.39 is 10.0 Å². The number of nitrogens with one attached hydrogen (secondary N) is 1. The summed E-state index contributed by atoms with van der Waals surface area (Å²) in [6, 6.07) is 15.1. The van der Waals surface area contributed by atoms with Gasteiger partial charge in [-0.3, -0.25) is 0 Å². The van der Waals surface area contributed by atoms with E-state index in [9.17, 15) is 8.42 Å². The lowest BCUT2D eigenvalue weighted by atomic mass is 10.0. The highest BCUT2D eigenvalue weighted by Crippen LogP contribution is 2.20. The second-order valence-electron chi connectivity index (χ2n) is 5.37. The summed E-state index contributed by atoms with van der Waals surface area (Å²) in [6.07, 6.45) is 0.711. The lowest BCUT2D eigenvalue weighted by molar-refractivity contribution is 0.549. The maximum Gasteiger partial charge on any atom is 0.216 e. The van der Waals surface area contributed by atoms with Crippen molar-refractivity contribution in [2.24, 2.45) is 0 Å². The Kier molecular flexibility index (Phi) is 5.78. The molecule has 0 aliphatic rings. The van der Waals surface area contributed by atoms with Gasteiger partial charge in [-0.05, 0) is 36.6 Å². The van der Waals surface area contributed by atoms with Crippen LogP contribution in [0, 0.1) is 6.92 Å². The van der Waals surface area contributed by atoms with Gasteiger partial charge in [-0.15, -0.1) is 0 Å². The summed E-state index contributed by atoms with van der Waals surface area (Å²) in [5, 5.41) is 0. The molecule has 0 aliphatic heterocycles. The minimum atomic E-state index is -3.38. The molecule has 5 heteroatoms. The molecular formula is C17H20BrNO2S. The average Bonchev–Trinajstić information content (AvgIpc) is 2.48. The third kappa shape index (κ3) is 4.93. The van der Waals surface area contributed by atoms with Crippen LogP contribution in [0.2, 0.25) is 0 Å². The zero-order chi connectivity index (χ0) is 16.2. The highest BCUT2D eigenvalue weighted by molar-refractivity contribution is 9.10. The predicted octanol–water partition coefficient (Wildman–Crippen LogP) is 4.33. The molecule has 0 radical (unpaired) electrons. The highest BCUT2D eigenvalue weighted by atomic mass is 79.9. The summed E-state index contributed by atoms with van der Waals surface area (Å²) in [4.78, 5) is 0. The van der Waals surface area contributed by atoms with E-state index in [0.29, 0.717) is 6.42 Å². The molecule has 0 bridgehead atoms. The smallest absolute Gasteiger partial charge is 0.212 e. The first kappa shape index (κ1) is 17.2. The molecule has 2 aromatic carbocycles. The number of hydrogen-bond acceptors (Lipinski definition) is 2. The molecule has 0 fully saturated rings. The minimum absolute atomic E-state index is 0.0113. The second-order valence-corrected chi connectivity index (χ2v) is 8.04. The van der Waals surface area contributed by atoms with E-state index in [1.54, 1.807) is 0 Å². The number of hydrogen-bond donors (Lipinski definition) is 1. The Morgan fingerprint density at radius 1 is 1.05 bits per heavy atom. The summed E-state index contributed by atoms with van der Waals surface area (Å²) in [7, 11) is -3.38. The van der Waals surface area contributed by atoms with E-state index in [1.165, 1.54) is 0 Å². The lowest BCUT2D eigenvalue weighted by Gasteiger charge is -2.18. The molecule has 0 spiro atoms. The standard InChI is InChI=1S/C17H20BrNO2S/c1-3-17(15-8-4-13(2)5-9-15)19-22(20,21)12-14-6-10-16(18)11-7-14/h4-11,17,19H,3,12H2,1-2H3/t17-/m1/s1. The first-order valence-corrected chi connectivity index (χ1v) is 9.65. The van der Waals surface area contributed by atoms with Crippen molar-refractivity contribution < 1.29 is 8.42 Å². The first-order valence-electron chi connectivity index (χ1n) is 7.20. The molecule has 1 atom stereocenters. The quantitative estimate of drug-likeness (QED) is 0.809. The van der Waals surface area contributed by atoms with Crippen LogP contribution in [0.1, 0.15) is 36.1 Å². The van der Waals surface area contributed by atoms with E-state index in [2.05, 4.69) is 20.7 Å². The average molecular weight is 382 g/mol. The monoisotopic (exact) mass is 381 g/mol. The van der Waals surface area contributed by atoms with Crippen LogP contribution in [0.25, 0.3) is 0 Å². The molecule has 2 aromatic rings. The molecule has 1 N–H and O–H groups in total. The SMILES string of the molecule is CC[C@@H](NS(=O)(=O)Cc1ccc(Br)cc1)c1ccc(C)cc1. The summed E-state index contributed by atoms with van der Waals surface area (Å²) >= 11 is 3.35. The second kappa shape index (κ2) is 7.40. The van der Waals surface area contributed by atoms with Gasteiger partial charge in [0.15, 0.2) is 0 Å². The van der Waals surface area contributed by atoms with Gasteiger partial charge in [0.2, 0.25) is 10.0 Å². The fourth-order valence-corrected chi connectivity index (χ4v) is 3.96. The molecular weight excluding hydrogens is 362 g/mol. The minimum Gasteiger partial charge on any atom is -0.212 e. The van der Waals surface area contributed by atoms with E-state index in [0.717, 1.165) is 21.2 Å². The van der Waals surface area contributed by atoms with Gasteiger partial charge in [-0.25, -0.2) is 13.1 Å². The summed E-state index contributed by atoms with van der Waals surface area (Å²) in [6.45, 7) is 4.00. The Bertz CT molecular complexity index is 709. The van der Waals surface area contributed by atoms with Crippen molar-refractivity contribution in [3.8, 4) is 0 Å². The molecule has 0 saturated carbocycles. The van der Waals surface area contributed by atoms with Crippen LogP contribution >= 0.6 is 15.9 Å². The van der Waals surface area contributed by atoms with Crippen molar-refractivity contribution in [2.45, 2.75) is 32.1 Å². The van der Waals surface area contributed by atoms with Crippen LogP contribution < -0.4 is 4.72 Å². The van der Waals surface area contributed by atoms with Gasteiger partial charge in [0.05, 0.1) is 5.75 Å². The van der Waals surface area contributed by atoms with E-state index in [1.807, 2.05) is 62.4 Å². The molecule has 118 valence electrons. The Balaban J connectivity index is 2.11. The third-order valence-electron chi connectivity index (χ3n) is 3.48. The molecule has 0 aromatic heterocycles. The molecule has 0 unspecified atom stereocenters. The largest absolute Gasteiger partial charge is 0.216 e. The summed E-state index contributed by atoms with van der Waals surface area (Å²) < 4.78 is 28.5. The van der Waals surface area contributed by atoms with Gasteiger partial charge in [0, 0.05) is 10.5 Å². The fraction of sp³-hybridized carbons (Fsp3) is 0.294. The molecule has 0 amide bonds. The number of halogens is 1. The summed E-state index contributed by atoms with van der Waals surface area (Å²) in [5.74, 6) is -0.0113. The number of benzene rings is 2. The number of aryl methyl sites for hydroxylation is 1. The van der Waals surface area contributed by atoms with Crippen molar-refractivity contribution in [2.75, 3.05) is 0 Å². The Labute approximate surface area is 140 Å². The van der Waals surface area contributed by atoms with Gasteiger partial charge in [0.1, 0.15) is 0 Å². The lowest BCUT2D eigenvalue weighted by Crippen LogP contribution is -2.29. The maximum absolute atomic E-state index is 12.4. The molecule has 0 heterocycles. The first-order chi connectivity index (χ1) is 10.4. The van der Waals surface area contributed by atoms with Crippen LogP contribution in [0.4, 0.5) is 0 Å². The Morgan fingerprint density at radius 3 is 2.18 bits per heavy atom. The topological polar surface area (TPSA) is 46.2 Å². The molecule has 3 nitrogen and oxygen atoms in total. The van der Waals surface area contributed by atoms with Crippen LogP contribution in [-0.4, -0.2) is 8.42 Å². The van der Waals surface area contributed by atoms with Crippen molar-refractivity contribution in [3.63, 3.8) is 0 Å².